The largest absolute Gasteiger partial charge is 0.525 e. The van der Waals surface area contributed by atoms with Crippen LogP contribution >= 0.6 is 0 Å². The van der Waals surface area contributed by atoms with E-state index in [1.165, 1.54) is 5.06 Å². The Morgan fingerprint density at radius 2 is 1.89 bits per heavy atom. The molecule has 5 heteroatoms. The van der Waals surface area contributed by atoms with Crippen molar-refractivity contribution >= 4 is 6.16 Å². The maximum atomic E-state index is 10.4. The summed E-state index contributed by atoms with van der Waals surface area (Å²) in [6, 6.07) is 9.54. The molecule has 1 atom stereocenters. The van der Waals surface area contributed by atoms with Crippen molar-refractivity contribution < 1.29 is 19.8 Å². The molecule has 1 heterocycles. The van der Waals surface area contributed by atoms with Crippen molar-refractivity contribution in [3.05, 3.63) is 35.9 Å². The van der Waals surface area contributed by atoms with Crippen LogP contribution in [0.5, 0.6) is 0 Å². The second-order valence-electron chi connectivity index (χ2n) is 4.48. The summed E-state index contributed by atoms with van der Waals surface area (Å²) in [4.78, 5) is 15.0. The van der Waals surface area contributed by atoms with Crippen molar-refractivity contribution in [3.63, 3.8) is 0 Å². The molecule has 1 aliphatic heterocycles. The molecule has 2 N–H and O–H groups in total. The van der Waals surface area contributed by atoms with E-state index in [1.54, 1.807) is 0 Å². The van der Waals surface area contributed by atoms with Gasteiger partial charge in [0.2, 0.25) is 0 Å². The van der Waals surface area contributed by atoms with Crippen molar-refractivity contribution in [2.75, 3.05) is 13.1 Å². The Balaban J connectivity index is 1.88. The Bertz CT molecular complexity index is 387. The van der Waals surface area contributed by atoms with Gasteiger partial charge in [0, 0.05) is 13.1 Å². The first kappa shape index (κ1) is 12.9. The van der Waals surface area contributed by atoms with Crippen LogP contribution in [0.1, 0.15) is 24.5 Å². The molecule has 0 spiro atoms. The van der Waals surface area contributed by atoms with Gasteiger partial charge in [-0.25, -0.2) is 4.79 Å². The van der Waals surface area contributed by atoms with E-state index in [1.807, 2.05) is 30.3 Å². The molecular weight excluding hydrogens is 234 g/mol. The molecule has 98 valence electrons. The van der Waals surface area contributed by atoms with Crippen LogP contribution in [-0.4, -0.2) is 34.5 Å². The van der Waals surface area contributed by atoms with Gasteiger partial charge < -0.3 is 15.1 Å². The van der Waals surface area contributed by atoms with Gasteiger partial charge in [-0.05, 0) is 24.3 Å². The lowest BCUT2D eigenvalue weighted by Gasteiger charge is -2.32. The van der Waals surface area contributed by atoms with Crippen LogP contribution < -0.4 is 0 Å². The second-order valence-corrected chi connectivity index (χ2v) is 4.48. The van der Waals surface area contributed by atoms with Crippen LogP contribution in [0.4, 0.5) is 4.79 Å². The van der Waals surface area contributed by atoms with Gasteiger partial charge in [-0.2, -0.15) is 0 Å². The molecule has 0 amide bonds. The van der Waals surface area contributed by atoms with Crippen LogP contribution in [0.25, 0.3) is 0 Å². The van der Waals surface area contributed by atoms with E-state index in [4.69, 9.17) is 5.11 Å². The van der Waals surface area contributed by atoms with Crippen molar-refractivity contribution in [2.45, 2.75) is 18.9 Å². The number of hydrogen-bond acceptors (Lipinski definition) is 4. The summed E-state index contributed by atoms with van der Waals surface area (Å²) in [6.45, 7) is 1.06. The Morgan fingerprint density at radius 3 is 2.44 bits per heavy atom. The Labute approximate surface area is 106 Å². The molecule has 18 heavy (non-hydrogen) atoms. The second kappa shape index (κ2) is 5.84. The summed E-state index contributed by atoms with van der Waals surface area (Å²) in [5.74, 6) is 0.154. The van der Waals surface area contributed by atoms with Crippen molar-refractivity contribution in [1.82, 2.24) is 5.06 Å². The zero-order chi connectivity index (χ0) is 13.0. The third-order valence-electron chi connectivity index (χ3n) is 3.29. The predicted molar refractivity (Wildman–Crippen MR) is 64.8 cm³/mol. The minimum Gasteiger partial charge on any atom is -0.448 e. The molecule has 0 bridgehead atoms. The maximum Gasteiger partial charge on any atom is 0.525 e. The van der Waals surface area contributed by atoms with Gasteiger partial charge >= 0.3 is 6.16 Å². The standard InChI is InChI=1S/C13H17NO4/c15-12(10-4-2-1-3-5-10)11-6-8-14(9-7-11)18-13(16)17/h1-5,11-12,15H,6-9H2,(H,16,17). The van der Waals surface area contributed by atoms with Gasteiger partial charge in [-0.15, -0.1) is 5.06 Å². The topological polar surface area (TPSA) is 70.0 Å². The molecule has 1 aliphatic rings. The average molecular weight is 251 g/mol. The lowest BCUT2D eigenvalue weighted by Crippen LogP contribution is -2.36. The molecule has 1 unspecified atom stereocenters. The fraction of sp³-hybridized carbons (Fsp3) is 0.462. The first-order valence-electron chi connectivity index (χ1n) is 6.05. The number of nitrogens with zero attached hydrogens (tertiary/aromatic N) is 1. The molecule has 1 saturated heterocycles. The van der Waals surface area contributed by atoms with E-state index in [0.29, 0.717) is 13.1 Å². The lowest BCUT2D eigenvalue weighted by atomic mass is 9.88. The number of hydrogen-bond donors (Lipinski definition) is 2. The first-order chi connectivity index (χ1) is 8.66. The highest BCUT2D eigenvalue weighted by molar-refractivity contribution is 5.56. The van der Waals surface area contributed by atoms with Crippen molar-refractivity contribution in [1.29, 1.82) is 0 Å². The van der Waals surface area contributed by atoms with Gasteiger partial charge in [0.15, 0.2) is 0 Å². The van der Waals surface area contributed by atoms with Crippen molar-refractivity contribution in [2.24, 2.45) is 5.92 Å². The Hall–Kier alpha value is -1.59. The smallest absolute Gasteiger partial charge is 0.448 e. The Morgan fingerprint density at radius 1 is 1.28 bits per heavy atom. The fourth-order valence-corrected chi connectivity index (χ4v) is 2.32. The van der Waals surface area contributed by atoms with Gasteiger partial charge in [-0.3, -0.25) is 0 Å². The third kappa shape index (κ3) is 3.21. The molecule has 0 aliphatic carbocycles. The molecule has 0 saturated carbocycles. The highest BCUT2D eigenvalue weighted by Gasteiger charge is 2.27. The molecule has 1 fully saturated rings. The molecule has 0 aromatic heterocycles. The predicted octanol–water partition coefficient (Wildman–Crippen LogP) is 2.04. The first-order valence-corrected chi connectivity index (χ1v) is 6.05. The van der Waals surface area contributed by atoms with Crippen LogP contribution in [0.3, 0.4) is 0 Å². The molecule has 0 radical (unpaired) electrons. The van der Waals surface area contributed by atoms with Gasteiger partial charge in [0.25, 0.3) is 0 Å². The number of aliphatic hydroxyl groups is 1. The number of benzene rings is 1. The summed E-state index contributed by atoms with van der Waals surface area (Å²) >= 11 is 0. The normalized spacial score (nSPS) is 19.4. The van der Waals surface area contributed by atoms with E-state index < -0.39 is 12.3 Å². The van der Waals surface area contributed by atoms with Gasteiger partial charge in [0.05, 0.1) is 6.10 Å². The summed E-state index contributed by atoms with van der Waals surface area (Å²) in [7, 11) is 0. The van der Waals surface area contributed by atoms with Crippen LogP contribution in [0, 0.1) is 5.92 Å². The quantitative estimate of drug-likeness (QED) is 0.860. The summed E-state index contributed by atoms with van der Waals surface area (Å²) < 4.78 is 0. The van der Waals surface area contributed by atoms with E-state index in [-0.39, 0.29) is 5.92 Å². The number of hydroxylamine groups is 2. The van der Waals surface area contributed by atoms with E-state index >= 15 is 0 Å². The minimum atomic E-state index is -1.28. The molecule has 1 aromatic rings. The van der Waals surface area contributed by atoms with Crippen LogP contribution in [0.2, 0.25) is 0 Å². The highest BCUT2D eigenvalue weighted by atomic mass is 16.8. The molecule has 1 aromatic carbocycles. The highest BCUT2D eigenvalue weighted by Crippen LogP contribution is 2.30. The summed E-state index contributed by atoms with van der Waals surface area (Å²) in [6.07, 6.45) is -0.317. The lowest BCUT2D eigenvalue weighted by molar-refractivity contribution is -0.141. The number of aliphatic hydroxyl groups excluding tert-OH is 1. The van der Waals surface area contributed by atoms with E-state index in [9.17, 15) is 9.90 Å². The summed E-state index contributed by atoms with van der Waals surface area (Å²) in [5, 5.41) is 20.2. The number of rotatable bonds is 3. The van der Waals surface area contributed by atoms with Crippen LogP contribution in [-0.2, 0) is 4.84 Å². The minimum absolute atomic E-state index is 0.154. The number of carbonyl (C=O) groups is 1. The number of carboxylic acid groups (broad SMARTS) is 1. The summed E-state index contributed by atoms with van der Waals surface area (Å²) in [5.41, 5.74) is 0.912. The monoisotopic (exact) mass is 251 g/mol. The molecular formula is C13H17NO4. The van der Waals surface area contributed by atoms with E-state index in [0.717, 1.165) is 18.4 Å². The zero-order valence-corrected chi connectivity index (χ0v) is 10.0. The average Bonchev–Trinajstić information content (AvgIpc) is 2.39. The fourth-order valence-electron chi connectivity index (χ4n) is 2.32. The van der Waals surface area contributed by atoms with Gasteiger partial charge in [-0.1, -0.05) is 30.3 Å². The Kier molecular flexibility index (Phi) is 4.17. The van der Waals surface area contributed by atoms with E-state index in [2.05, 4.69) is 4.84 Å². The SMILES string of the molecule is O=C(O)ON1CCC(C(O)c2ccccc2)CC1. The zero-order valence-electron chi connectivity index (χ0n) is 10.0. The number of piperidine rings is 1. The van der Waals surface area contributed by atoms with Crippen molar-refractivity contribution in [3.8, 4) is 0 Å². The third-order valence-corrected chi connectivity index (χ3v) is 3.29. The van der Waals surface area contributed by atoms with Crippen LogP contribution in [0.15, 0.2) is 30.3 Å². The molecule has 2 rings (SSSR count). The molecule has 5 nitrogen and oxygen atoms in total. The van der Waals surface area contributed by atoms with Gasteiger partial charge in [0.1, 0.15) is 0 Å². The maximum absolute atomic E-state index is 10.4.